The zero-order valence-electron chi connectivity index (χ0n) is 15.5. The Hall–Kier alpha value is -2.91. The zero-order chi connectivity index (χ0) is 18.6. The average molecular weight is 357 g/mol. The molecule has 3 aromatic carbocycles. The van der Waals surface area contributed by atoms with Crippen LogP contribution in [0.4, 0.5) is 0 Å². The first-order valence-electron chi connectivity index (χ1n) is 9.48. The van der Waals surface area contributed by atoms with E-state index >= 15 is 0 Å². The molecule has 4 atom stereocenters. The Morgan fingerprint density at radius 2 is 1.22 bits per heavy atom. The Labute approximate surface area is 160 Å². The fraction of sp³-hybridized carbons (Fsp3) is 0.208. The van der Waals surface area contributed by atoms with E-state index in [9.17, 15) is 5.21 Å². The van der Waals surface area contributed by atoms with Crippen molar-refractivity contribution in [2.24, 2.45) is 5.16 Å². The number of oxime groups is 1. The van der Waals surface area contributed by atoms with Crippen LogP contribution in [-0.2, 0) is 0 Å². The molecule has 1 saturated heterocycles. The van der Waals surface area contributed by atoms with Crippen molar-refractivity contribution in [1.29, 1.82) is 0 Å². The predicted octanol–water partition coefficient (Wildman–Crippen LogP) is 4.00. The standard InChI is InChI=1S/C24H24N2O/c1-26-22(18-11-5-2-6-12-18)17-21(25-27)23(19-13-7-3-8-14-19)24(26)20-15-9-4-10-16-20/h2-16,22-24,27H,17H2,1H3/p+1/b25-21-/t22-,23+,24+/m1/s1. The molecule has 1 heterocycles. The molecule has 0 aromatic heterocycles. The summed E-state index contributed by atoms with van der Waals surface area (Å²) < 4.78 is 0. The van der Waals surface area contributed by atoms with Crippen LogP contribution >= 0.6 is 0 Å². The van der Waals surface area contributed by atoms with Crippen LogP contribution in [0.15, 0.2) is 96.2 Å². The van der Waals surface area contributed by atoms with E-state index < -0.39 is 0 Å². The first-order chi connectivity index (χ1) is 13.3. The molecule has 0 spiro atoms. The summed E-state index contributed by atoms with van der Waals surface area (Å²) in [5.74, 6) is 0.0542. The Bertz CT molecular complexity index is 893. The van der Waals surface area contributed by atoms with E-state index in [0.29, 0.717) is 0 Å². The lowest BCUT2D eigenvalue weighted by atomic mass is 9.75. The van der Waals surface area contributed by atoms with E-state index in [2.05, 4.69) is 91.1 Å². The number of nitrogens with one attached hydrogen (secondary N) is 1. The maximum atomic E-state index is 9.92. The van der Waals surface area contributed by atoms with E-state index in [1.54, 1.807) is 0 Å². The van der Waals surface area contributed by atoms with Gasteiger partial charge in [0.05, 0.1) is 18.7 Å². The Morgan fingerprint density at radius 3 is 1.74 bits per heavy atom. The number of quaternary nitrogens is 1. The van der Waals surface area contributed by atoms with Crippen LogP contribution in [0.2, 0.25) is 0 Å². The monoisotopic (exact) mass is 357 g/mol. The number of likely N-dealkylation sites (N-methyl/N-ethyl adjacent to an activating group) is 1. The number of likely N-dealkylation sites (tertiary alicyclic amines) is 1. The van der Waals surface area contributed by atoms with E-state index in [1.165, 1.54) is 21.6 Å². The molecule has 0 amide bonds. The lowest BCUT2D eigenvalue weighted by Crippen LogP contribution is -3.11. The number of benzene rings is 3. The second kappa shape index (κ2) is 7.77. The quantitative estimate of drug-likeness (QED) is 0.539. The van der Waals surface area contributed by atoms with Crippen molar-refractivity contribution in [3.63, 3.8) is 0 Å². The molecule has 1 unspecified atom stereocenters. The summed E-state index contributed by atoms with van der Waals surface area (Å²) >= 11 is 0. The molecular weight excluding hydrogens is 332 g/mol. The second-order valence-corrected chi connectivity index (χ2v) is 7.28. The molecule has 1 aliphatic heterocycles. The smallest absolute Gasteiger partial charge is 0.126 e. The van der Waals surface area contributed by atoms with Crippen molar-refractivity contribution in [2.45, 2.75) is 24.4 Å². The highest BCUT2D eigenvalue weighted by atomic mass is 16.4. The van der Waals surface area contributed by atoms with Crippen LogP contribution in [0.5, 0.6) is 0 Å². The molecule has 0 radical (unpaired) electrons. The van der Waals surface area contributed by atoms with Gasteiger partial charge in [0, 0.05) is 17.5 Å². The first-order valence-corrected chi connectivity index (χ1v) is 9.48. The molecule has 3 heteroatoms. The summed E-state index contributed by atoms with van der Waals surface area (Å²) in [6, 6.07) is 32.0. The van der Waals surface area contributed by atoms with Gasteiger partial charge in [-0.05, 0) is 5.56 Å². The first kappa shape index (κ1) is 17.5. The number of nitrogens with zero attached hydrogens (tertiary/aromatic N) is 1. The number of hydrogen-bond donors (Lipinski definition) is 2. The third-order valence-electron chi connectivity index (χ3n) is 5.79. The van der Waals surface area contributed by atoms with Gasteiger partial charge < -0.3 is 10.1 Å². The van der Waals surface area contributed by atoms with E-state index in [-0.39, 0.29) is 18.0 Å². The molecule has 136 valence electrons. The summed E-state index contributed by atoms with van der Waals surface area (Å²) in [5, 5.41) is 13.7. The molecule has 3 nitrogen and oxygen atoms in total. The lowest BCUT2D eigenvalue weighted by Gasteiger charge is -2.42. The van der Waals surface area contributed by atoms with Crippen molar-refractivity contribution < 1.29 is 10.1 Å². The van der Waals surface area contributed by atoms with Crippen molar-refractivity contribution in [1.82, 2.24) is 0 Å². The largest absolute Gasteiger partial charge is 0.411 e. The maximum absolute atomic E-state index is 9.92. The fourth-order valence-corrected chi connectivity index (χ4v) is 4.50. The topological polar surface area (TPSA) is 37.0 Å². The third-order valence-corrected chi connectivity index (χ3v) is 5.79. The average Bonchev–Trinajstić information content (AvgIpc) is 2.75. The number of hydrogen-bond acceptors (Lipinski definition) is 2. The molecule has 3 aromatic rings. The Balaban J connectivity index is 1.84. The summed E-state index contributed by atoms with van der Waals surface area (Å²) in [6.07, 6.45) is 0.745. The highest BCUT2D eigenvalue weighted by molar-refractivity contribution is 5.92. The minimum absolute atomic E-state index is 0.0542. The van der Waals surface area contributed by atoms with Crippen molar-refractivity contribution in [3.8, 4) is 0 Å². The second-order valence-electron chi connectivity index (χ2n) is 7.28. The highest BCUT2D eigenvalue weighted by Gasteiger charge is 2.45. The fourth-order valence-electron chi connectivity index (χ4n) is 4.50. The summed E-state index contributed by atoms with van der Waals surface area (Å²) in [6.45, 7) is 0. The molecule has 1 fully saturated rings. The van der Waals surface area contributed by atoms with Crippen molar-refractivity contribution in [3.05, 3.63) is 108 Å². The van der Waals surface area contributed by atoms with Gasteiger partial charge in [-0.2, -0.15) is 0 Å². The van der Waals surface area contributed by atoms with Crippen molar-refractivity contribution >= 4 is 5.71 Å². The zero-order valence-corrected chi connectivity index (χ0v) is 15.5. The van der Waals surface area contributed by atoms with Crippen LogP contribution in [-0.4, -0.2) is 18.0 Å². The molecule has 27 heavy (non-hydrogen) atoms. The third kappa shape index (κ3) is 3.38. The molecule has 2 N–H and O–H groups in total. The van der Waals surface area contributed by atoms with Crippen LogP contribution in [0.1, 0.15) is 41.1 Å². The number of piperidine rings is 1. The van der Waals surface area contributed by atoms with Gasteiger partial charge in [0.15, 0.2) is 0 Å². The van der Waals surface area contributed by atoms with Gasteiger partial charge in [-0.15, -0.1) is 0 Å². The Morgan fingerprint density at radius 1 is 0.741 bits per heavy atom. The van der Waals surface area contributed by atoms with Gasteiger partial charge in [0.2, 0.25) is 0 Å². The molecule has 0 aliphatic carbocycles. The van der Waals surface area contributed by atoms with Crippen LogP contribution in [0, 0.1) is 0 Å². The number of rotatable bonds is 3. The van der Waals surface area contributed by atoms with Crippen LogP contribution < -0.4 is 4.90 Å². The molecule has 1 aliphatic rings. The van der Waals surface area contributed by atoms with Crippen LogP contribution in [0.3, 0.4) is 0 Å². The van der Waals surface area contributed by atoms with Gasteiger partial charge >= 0.3 is 0 Å². The van der Waals surface area contributed by atoms with Gasteiger partial charge in [0.25, 0.3) is 0 Å². The van der Waals surface area contributed by atoms with Crippen LogP contribution in [0.25, 0.3) is 0 Å². The molecule has 0 saturated carbocycles. The lowest BCUT2D eigenvalue weighted by molar-refractivity contribution is -0.946. The predicted molar refractivity (Wildman–Crippen MR) is 108 cm³/mol. The van der Waals surface area contributed by atoms with Crippen molar-refractivity contribution in [2.75, 3.05) is 7.05 Å². The van der Waals surface area contributed by atoms with Gasteiger partial charge in [-0.25, -0.2) is 0 Å². The molecule has 4 rings (SSSR count). The molecule has 0 bridgehead atoms. The normalized spacial score (nSPS) is 26.8. The SMILES string of the molecule is C[NH+]1[C@@H](c2ccccc2)C/C(=N/O)[C@H](c2ccccc2)[C@@H]1c1ccccc1. The van der Waals surface area contributed by atoms with E-state index in [1.807, 2.05) is 12.1 Å². The molecular formula is C24H25N2O+. The maximum Gasteiger partial charge on any atom is 0.126 e. The van der Waals surface area contributed by atoms with Gasteiger partial charge in [-0.1, -0.05) is 96.2 Å². The summed E-state index contributed by atoms with van der Waals surface area (Å²) in [4.78, 5) is 1.42. The minimum atomic E-state index is 0.0542. The summed E-state index contributed by atoms with van der Waals surface area (Å²) in [7, 11) is 2.26. The highest BCUT2D eigenvalue weighted by Crippen LogP contribution is 2.37. The van der Waals surface area contributed by atoms with Gasteiger partial charge in [-0.3, -0.25) is 0 Å². The Kier molecular flexibility index (Phi) is 5.03. The van der Waals surface area contributed by atoms with E-state index in [0.717, 1.165) is 12.1 Å². The van der Waals surface area contributed by atoms with Gasteiger partial charge in [0.1, 0.15) is 12.1 Å². The minimum Gasteiger partial charge on any atom is -0.411 e. The summed E-state index contributed by atoms with van der Waals surface area (Å²) in [5.41, 5.74) is 4.61. The van der Waals surface area contributed by atoms with E-state index in [4.69, 9.17) is 0 Å².